The number of rotatable bonds is 0. The summed E-state index contributed by atoms with van der Waals surface area (Å²) in [7, 11) is 0. The van der Waals surface area contributed by atoms with Gasteiger partial charge in [0, 0.05) is 39.6 Å². The predicted octanol–water partition coefficient (Wildman–Crippen LogP) is -0.775. The molecule has 29 valence electrons. The van der Waals surface area contributed by atoms with E-state index in [-0.39, 0.29) is 63.3 Å². The second-order valence-electron chi connectivity index (χ2n) is 0. The van der Waals surface area contributed by atoms with Gasteiger partial charge in [-0.2, -0.15) is 0 Å². The standard InChI is InChI=1S/Mo.Nb.O.HTe.V/h;;;1H;. The van der Waals surface area contributed by atoms with Gasteiger partial charge in [0.05, 0.1) is 0 Å². The van der Waals surface area contributed by atoms with Crippen molar-refractivity contribution in [1.82, 2.24) is 0 Å². The molecule has 0 amide bonds. The van der Waals surface area contributed by atoms with Crippen LogP contribution < -0.4 is 0 Å². The smallest absolute Gasteiger partial charge is 0 e. The zero-order chi connectivity index (χ0) is 2.00. The Morgan fingerprint density at radius 2 is 1.20 bits per heavy atom. The first-order valence-electron chi connectivity index (χ1n) is 0.183. The Kier molecular flexibility index (Phi) is 156. The van der Waals surface area contributed by atoms with E-state index in [0.29, 0.717) is 21.0 Å². The molecule has 2 radical (unpaired) electrons. The zero-order valence-electron chi connectivity index (χ0n) is 2.16. The molecule has 5 heteroatoms. The molecule has 0 rings (SSSR count). The summed E-state index contributed by atoms with van der Waals surface area (Å²) in [6.07, 6.45) is 0. The van der Waals surface area contributed by atoms with Gasteiger partial charge < -0.3 is 0 Å². The molecule has 0 bridgehead atoms. The predicted molar refractivity (Wildman–Crippen MR) is 7.84 cm³/mol. The molecular weight excluding hydrogens is 383 g/mol. The Morgan fingerprint density at radius 1 is 1.20 bits per heavy atom. The van der Waals surface area contributed by atoms with Crippen LogP contribution in [0.2, 0.25) is 0 Å². The molecule has 0 aromatic rings. The van der Waals surface area contributed by atoms with E-state index >= 15 is 0 Å². The molecule has 5 heavy (non-hydrogen) atoms. The van der Waals surface area contributed by atoms with Crippen molar-refractivity contribution in [3.8, 4) is 0 Å². The summed E-state index contributed by atoms with van der Waals surface area (Å²) in [5.41, 5.74) is 0. The minimum atomic E-state index is 0. The molecule has 0 fully saturated rings. The first-order chi connectivity index (χ1) is 1.00. The normalized spacial score (nSPS) is 0.600. The fourth-order valence-electron chi connectivity index (χ4n) is 0. The molecule has 0 spiro atoms. The van der Waals surface area contributed by atoms with Crippen LogP contribution in [-0.4, -0.2) is 23.7 Å². The molecule has 0 aliphatic rings. The summed E-state index contributed by atoms with van der Waals surface area (Å²) < 4.78 is 8.30. The van der Waals surface area contributed by atoms with Crippen LogP contribution in [0, 0.1) is 0 Å². The van der Waals surface area contributed by atoms with Crippen LogP contribution in [0.1, 0.15) is 0 Å². The zero-order valence-corrected chi connectivity index (χ0v) is 10.3. The molecule has 0 N–H and O–H groups in total. The molecule has 0 saturated carbocycles. The summed E-state index contributed by atoms with van der Waals surface area (Å²) in [6, 6.07) is 0. The molecule has 0 aromatic carbocycles. The van der Waals surface area contributed by atoms with Gasteiger partial charge in [-0.15, -0.1) is 0 Å². The van der Waals surface area contributed by atoms with E-state index in [4.69, 9.17) is 3.25 Å². The second kappa shape index (κ2) is 30.6. The van der Waals surface area contributed by atoms with E-state index < -0.39 is 0 Å². The van der Waals surface area contributed by atoms with E-state index in [1.807, 2.05) is 0 Å². The first-order valence-corrected chi connectivity index (χ1v) is 1.08. The molecule has 1 nitrogen and oxygen atoms in total. The van der Waals surface area contributed by atoms with Crippen LogP contribution in [-0.2, 0) is 63.9 Å². The van der Waals surface area contributed by atoms with Crippen molar-refractivity contribution < 1.29 is 63.9 Å². The monoisotopic (exact) mass is 389 g/mol. The van der Waals surface area contributed by atoms with Crippen molar-refractivity contribution in [2.24, 2.45) is 0 Å². The van der Waals surface area contributed by atoms with Gasteiger partial charge in [-0.25, -0.2) is 0 Å². The maximum atomic E-state index is 8.30. The minimum absolute atomic E-state index is 0. The third-order valence-corrected chi connectivity index (χ3v) is 0. The maximum Gasteiger partial charge on any atom is 0 e. The van der Waals surface area contributed by atoms with E-state index in [2.05, 4.69) is 0 Å². The van der Waals surface area contributed by atoms with Gasteiger partial charge in [0.2, 0.25) is 0 Å². The van der Waals surface area contributed by atoms with Gasteiger partial charge in [-0.3, -0.25) is 0 Å². The number of hydrogen-bond acceptors (Lipinski definition) is 1. The van der Waals surface area contributed by atoms with Gasteiger partial charge in [0.15, 0.2) is 0 Å². The molecule has 0 atom stereocenters. The summed E-state index contributed by atoms with van der Waals surface area (Å²) >= 11 is 0.500. The molecule has 0 saturated heterocycles. The van der Waals surface area contributed by atoms with E-state index in [9.17, 15) is 0 Å². The quantitative estimate of drug-likeness (QED) is 0.501. The third kappa shape index (κ3) is 20.6. The Labute approximate surface area is 86.2 Å². The van der Waals surface area contributed by atoms with Crippen molar-refractivity contribution in [3.63, 3.8) is 0 Å². The average molecular weight is 384 g/mol. The molecule has 0 heterocycles. The fraction of sp³-hybridized carbons (Fsp3) is 0. The van der Waals surface area contributed by atoms with Crippen LogP contribution in [0.4, 0.5) is 0 Å². The largest absolute Gasteiger partial charge is 0 e. The van der Waals surface area contributed by atoms with Crippen LogP contribution in [0.15, 0.2) is 0 Å². The van der Waals surface area contributed by atoms with Gasteiger partial charge >= 0.3 is 48.0 Å². The van der Waals surface area contributed by atoms with Crippen molar-refractivity contribution in [3.05, 3.63) is 0 Å². The maximum absolute atomic E-state index is 8.30. The average Bonchev–Trinajstić information content (AvgIpc) is 1.00. The van der Waals surface area contributed by atoms with Crippen LogP contribution in [0.5, 0.6) is 0 Å². The van der Waals surface area contributed by atoms with Gasteiger partial charge in [0.25, 0.3) is 0 Å². The van der Waals surface area contributed by atoms with Gasteiger partial charge in [0.1, 0.15) is 0 Å². The fourth-order valence-corrected chi connectivity index (χ4v) is 0. The summed E-state index contributed by atoms with van der Waals surface area (Å²) in [6.45, 7) is 0. The van der Waals surface area contributed by atoms with Crippen molar-refractivity contribution in [2.45, 2.75) is 0 Å². The van der Waals surface area contributed by atoms with E-state index in [1.165, 1.54) is 0 Å². The molecular formula is HMoNbOTeV. The SMILES string of the molecule is [Mo].[O]=[Nb].[TeH].[V]. The van der Waals surface area contributed by atoms with E-state index in [1.54, 1.807) is 0 Å². The Bertz CT molecular complexity index is 11.6. The van der Waals surface area contributed by atoms with Crippen LogP contribution in [0.3, 0.4) is 0 Å². The van der Waals surface area contributed by atoms with Crippen LogP contribution in [0.25, 0.3) is 0 Å². The van der Waals surface area contributed by atoms with Crippen LogP contribution >= 0.6 is 0 Å². The van der Waals surface area contributed by atoms with Crippen molar-refractivity contribution >= 4 is 23.7 Å². The van der Waals surface area contributed by atoms with Gasteiger partial charge in [-0.1, -0.05) is 0 Å². The molecule has 0 aliphatic carbocycles. The molecule has 0 aliphatic heterocycles. The Hall–Kier alpha value is 2.60. The second-order valence-corrected chi connectivity index (χ2v) is 0. The third-order valence-electron chi connectivity index (χ3n) is 0. The molecule has 0 unspecified atom stereocenters. The Morgan fingerprint density at radius 3 is 1.20 bits per heavy atom. The summed E-state index contributed by atoms with van der Waals surface area (Å²) in [5, 5.41) is 0. The number of hydrogen-bond donors (Lipinski definition) is 0. The Balaban J connectivity index is -0.00000000167. The first kappa shape index (κ1) is 25.5. The summed E-state index contributed by atoms with van der Waals surface area (Å²) in [5.74, 6) is 0. The minimum Gasteiger partial charge on any atom is 0 e. The van der Waals surface area contributed by atoms with Crippen molar-refractivity contribution in [1.29, 1.82) is 0 Å². The topological polar surface area (TPSA) is 17.1 Å². The summed E-state index contributed by atoms with van der Waals surface area (Å²) in [4.78, 5) is 0. The van der Waals surface area contributed by atoms with E-state index in [0.717, 1.165) is 0 Å². The van der Waals surface area contributed by atoms with Gasteiger partial charge in [-0.05, 0) is 0 Å². The molecule has 0 aromatic heterocycles. The van der Waals surface area contributed by atoms with Crippen molar-refractivity contribution in [2.75, 3.05) is 0 Å².